The molecule has 0 heterocycles. The Hall–Kier alpha value is -0.600. The first-order valence-corrected chi connectivity index (χ1v) is 6.66. The summed E-state index contributed by atoms with van der Waals surface area (Å²) in [5.74, 6) is 0.877. The lowest BCUT2D eigenvalue weighted by Gasteiger charge is -2.23. The van der Waals surface area contributed by atoms with Crippen LogP contribution in [-0.2, 0) is 6.42 Å². The molecule has 1 aliphatic rings. The van der Waals surface area contributed by atoms with Crippen molar-refractivity contribution in [2.24, 2.45) is 17.6 Å². The summed E-state index contributed by atoms with van der Waals surface area (Å²) in [5.41, 5.74) is 7.07. The zero-order valence-corrected chi connectivity index (χ0v) is 10.9. The Bertz CT molecular complexity index is 394. The summed E-state index contributed by atoms with van der Waals surface area (Å²) < 4.78 is 13.3. The standard InChI is InChI=1S/C14H19ClFN/c1-9-4-2-6-11(9)13(17)8-10-5-3-7-12(16)14(10)15/h3,5,7,9,11,13H,2,4,6,8,17H2,1H3. The molecule has 2 rings (SSSR count). The van der Waals surface area contributed by atoms with Gasteiger partial charge in [0.1, 0.15) is 5.82 Å². The summed E-state index contributed by atoms with van der Waals surface area (Å²) in [4.78, 5) is 0. The molecule has 1 saturated carbocycles. The van der Waals surface area contributed by atoms with Gasteiger partial charge < -0.3 is 5.73 Å². The van der Waals surface area contributed by atoms with Crippen molar-refractivity contribution in [2.75, 3.05) is 0 Å². The van der Waals surface area contributed by atoms with Crippen LogP contribution in [-0.4, -0.2) is 6.04 Å². The van der Waals surface area contributed by atoms with E-state index in [4.69, 9.17) is 17.3 Å². The Kier molecular flexibility index (Phi) is 4.05. The van der Waals surface area contributed by atoms with Crippen LogP contribution in [0.3, 0.4) is 0 Å². The Morgan fingerprint density at radius 1 is 1.47 bits per heavy atom. The van der Waals surface area contributed by atoms with E-state index in [1.54, 1.807) is 6.07 Å². The maximum absolute atomic E-state index is 13.3. The van der Waals surface area contributed by atoms with E-state index in [9.17, 15) is 4.39 Å². The Labute approximate surface area is 107 Å². The molecule has 1 fully saturated rings. The molecule has 1 nitrogen and oxygen atoms in total. The molecule has 1 aliphatic carbocycles. The second-order valence-electron chi connectivity index (χ2n) is 5.15. The lowest BCUT2D eigenvalue weighted by molar-refractivity contribution is 0.343. The van der Waals surface area contributed by atoms with E-state index < -0.39 is 0 Å². The summed E-state index contributed by atoms with van der Waals surface area (Å²) >= 11 is 5.95. The van der Waals surface area contributed by atoms with Crippen molar-refractivity contribution < 1.29 is 4.39 Å². The first-order chi connectivity index (χ1) is 8.09. The normalized spacial score (nSPS) is 26.1. The second-order valence-corrected chi connectivity index (χ2v) is 5.53. The molecule has 3 unspecified atom stereocenters. The average Bonchev–Trinajstić information content (AvgIpc) is 2.71. The van der Waals surface area contributed by atoms with Crippen molar-refractivity contribution in [2.45, 2.75) is 38.6 Å². The van der Waals surface area contributed by atoms with Gasteiger partial charge in [-0.1, -0.05) is 43.5 Å². The number of hydrogen-bond acceptors (Lipinski definition) is 1. The first-order valence-electron chi connectivity index (χ1n) is 6.28. The molecule has 0 radical (unpaired) electrons. The fourth-order valence-electron chi connectivity index (χ4n) is 2.92. The van der Waals surface area contributed by atoms with E-state index in [-0.39, 0.29) is 16.9 Å². The first kappa shape index (κ1) is 12.8. The highest BCUT2D eigenvalue weighted by Gasteiger charge is 2.29. The molecule has 0 aromatic heterocycles. The zero-order chi connectivity index (χ0) is 12.4. The molecule has 94 valence electrons. The highest BCUT2D eigenvalue weighted by Crippen LogP contribution is 2.34. The van der Waals surface area contributed by atoms with Crippen molar-refractivity contribution >= 4 is 11.6 Å². The average molecular weight is 256 g/mol. The smallest absolute Gasteiger partial charge is 0.142 e. The lowest BCUT2D eigenvalue weighted by atomic mass is 9.87. The minimum Gasteiger partial charge on any atom is -0.327 e. The minimum absolute atomic E-state index is 0.0896. The van der Waals surface area contributed by atoms with Crippen molar-refractivity contribution in [1.82, 2.24) is 0 Å². The Morgan fingerprint density at radius 3 is 2.88 bits per heavy atom. The third-order valence-corrected chi connectivity index (χ3v) is 4.39. The number of rotatable bonds is 3. The number of nitrogens with two attached hydrogens (primary N) is 1. The number of benzene rings is 1. The third kappa shape index (κ3) is 2.80. The lowest BCUT2D eigenvalue weighted by Crippen LogP contribution is -2.33. The monoisotopic (exact) mass is 255 g/mol. The predicted octanol–water partition coefficient (Wildman–Crippen LogP) is 3.79. The fourth-order valence-corrected chi connectivity index (χ4v) is 3.12. The molecule has 2 N–H and O–H groups in total. The van der Waals surface area contributed by atoms with Crippen molar-refractivity contribution in [3.05, 3.63) is 34.6 Å². The van der Waals surface area contributed by atoms with Crippen LogP contribution in [0.2, 0.25) is 5.02 Å². The summed E-state index contributed by atoms with van der Waals surface area (Å²) in [6.07, 6.45) is 4.38. The molecule has 0 spiro atoms. The largest absolute Gasteiger partial charge is 0.327 e. The molecule has 1 aromatic rings. The molecule has 0 amide bonds. The van der Waals surface area contributed by atoms with E-state index in [0.717, 1.165) is 5.56 Å². The molecule has 0 bridgehead atoms. The van der Waals surface area contributed by atoms with Gasteiger partial charge in [0, 0.05) is 6.04 Å². The molecule has 0 aliphatic heterocycles. The number of halogens is 2. The van der Waals surface area contributed by atoms with Crippen LogP contribution in [0.4, 0.5) is 4.39 Å². The highest BCUT2D eigenvalue weighted by molar-refractivity contribution is 6.31. The van der Waals surface area contributed by atoms with E-state index in [1.807, 2.05) is 6.07 Å². The van der Waals surface area contributed by atoms with Gasteiger partial charge in [-0.15, -0.1) is 0 Å². The molecule has 1 aromatic carbocycles. The molecule has 0 saturated heterocycles. The highest BCUT2D eigenvalue weighted by atomic mass is 35.5. The van der Waals surface area contributed by atoms with Crippen LogP contribution in [0.15, 0.2) is 18.2 Å². The van der Waals surface area contributed by atoms with Crippen LogP contribution in [0, 0.1) is 17.7 Å². The zero-order valence-electron chi connectivity index (χ0n) is 10.1. The third-order valence-electron chi connectivity index (χ3n) is 3.96. The van der Waals surface area contributed by atoms with E-state index >= 15 is 0 Å². The summed E-state index contributed by atoms with van der Waals surface area (Å²) in [7, 11) is 0. The van der Waals surface area contributed by atoms with Gasteiger partial charge in [0.05, 0.1) is 5.02 Å². The maximum Gasteiger partial charge on any atom is 0.142 e. The van der Waals surface area contributed by atoms with Crippen LogP contribution in [0.5, 0.6) is 0 Å². The SMILES string of the molecule is CC1CCCC1C(N)Cc1cccc(F)c1Cl. The maximum atomic E-state index is 13.3. The van der Waals surface area contributed by atoms with E-state index in [1.165, 1.54) is 25.3 Å². The second kappa shape index (κ2) is 5.36. The molecule has 3 atom stereocenters. The quantitative estimate of drug-likeness (QED) is 0.874. The van der Waals surface area contributed by atoms with Crippen LogP contribution in [0.1, 0.15) is 31.7 Å². The van der Waals surface area contributed by atoms with Crippen molar-refractivity contribution in [1.29, 1.82) is 0 Å². The topological polar surface area (TPSA) is 26.0 Å². The van der Waals surface area contributed by atoms with Crippen LogP contribution in [0.25, 0.3) is 0 Å². The van der Waals surface area contributed by atoms with E-state index in [2.05, 4.69) is 6.92 Å². The fraction of sp³-hybridized carbons (Fsp3) is 0.571. The van der Waals surface area contributed by atoms with E-state index in [0.29, 0.717) is 18.3 Å². The summed E-state index contributed by atoms with van der Waals surface area (Å²) in [5, 5.41) is 0.230. The van der Waals surface area contributed by atoms with Gasteiger partial charge in [0.15, 0.2) is 0 Å². The van der Waals surface area contributed by atoms with Crippen molar-refractivity contribution in [3.8, 4) is 0 Å². The minimum atomic E-state index is -0.351. The molecule has 3 heteroatoms. The molecule has 17 heavy (non-hydrogen) atoms. The molecular formula is C14H19ClFN. The Balaban J connectivity index is 2.07. The van der Waals surface area contributed by atoms with Crippen LogP contribution < -0.4 is 5.73 Å². The van der Waals surface area contributed by atoms with Gasteiger partial charge in [0.2, 0.25) is 0 Å². The van der Waals surface area contributed by atoms with Crippen LogP contribution >= 0.6 is 11.6 Å². The number of hydrogen-bond donors (Lipinski definition) is 1. The van der Waals surface area contributed by atoms with Gasteiger partial charge >= 0.3 is 0 Å². The van der Waals surface area contributed by atoms with Gasteiger partial charge in [-0.2, -0.15) is 0 Å². The summed E-state index contributed by atoms with van der Waals surface area (Å²) in [6, 6.07) is 5.04. The van der Waals surface area contributed by atoms with Gasteiger partial charge in [0.25, 0.3) is 0 Å². The predicted molar refractivity (Wildman–Crippen MR) is 69.6 cm³/mol. The van der Waals surface area contributed by atoms with Gasteiger partial charge in [-0.25, -0.2) is 4.39 Å². The van der Waals surface area contributed by atoms with Gasteiger partial charge in [-0.05, 0) is 36.3 Å². The Morgan fingerprint density at radius 2 is 2.24 bits per heavy atom. The van der Waals surface area contributed by atoms with Gasteiger partial charge in [-0.3, -0.25) is 0 Å². The molecular weight excluding hydrogens is 237 g/mol. The summed E-state index contributed by atoms with van der Waals surface area (Å²) in [6.45, 7) is 2.25. The van der Waals surface area contributed by atoms with Crippen molar-refractivity contribution in [3.63, 3.8) is 0 Å².